The van der Waals surface area contributed by atoms with Crippen LogP contribution in [0.25, 0.3) is 6.08 Å². The number of carboxylic acid groups (broad SMARTS) is 1. The predicted octanol–water partition coefficient (Wildman–Crippen LogP) is 5.46. The van der Waals surface area contributed by atoms with Crippen LogP contribution in [0.3, 0.4) is 0 Å². The van der Waals surface area contributed by atoms with Gasteiger partial charge in [-0.25, -0.2) is 9.79 Å². The van der Waals surface area contributed by atoms with E-state index >= 15 is 0 Å². The Balaban J connectivity index is 1.42. The maximum atomic E-state index is 12.3. The Kier molecular flexibility index (Phi) is 6.91. The Morgan fingerprint density at radius 2 is 1.84 bits per heavy atom. The third-order valence-electron chi connectivity index (χ3n) is 4.49. The van der Waals surface area contributed by atoms with E-state index in [0.29, 0.717) is 22.4 Å². The van der Waals surface area contributed by atoms with E-state index in [1.54, 1.807) is 24.3 Å². The first-order valence-electron chi connectivity index (χ1n) is 9.57. The van der Waals surface area contributed by atoms with Crippen LogP contribution >= 0.6 is 34.4 Å². The minimum absolute atomic E-state index is 0.176. The summed E-state index contributed by atoms with van der Waals surface area (Å²) >= 11 is 3.49. The molecule has 1 heterocycles. The zero-order valence-corrected chi connectivity index (χ0v) is 19.6. The molecule has 1 fully saturated rings. The van der Waals surface area contributed by atoms with Crippen molar-refractivity contribution in [2.45, 2.75) is 6.61 Å². The van der Waals surface area contributed by atoms with Gasteiger partial charge in [-0.2, -0.15) is 0 Å². The van der Waals surface area contributed by atoms with Gasteiger partial charge in [0.05, 0.1) is 19.7 Å². The lowest BCUT2D eigenvalue weighted by molar-refractivity contribution is -0.115. The molecular formula is C24H17IN2O4S. The molecule has 2 N–H and O–H groups in total. The van der Waals surface area contributed by atoms with E-state index in [1.165, 1.54) is 11.8 Å². The summed E-state index contributed by atoms with van der Waals surface area (Å²) in [5.74, 6) is -0.418. The van der Waals surface area contributed by atoms with Crippen LogP contribution in [0.5, 0.6) is 5.75 Å². The predicted molar refractivity (Wildman–Crippen MR) is 134 cm³/mol. The van der Waals surface area contributed by atoms with Crippen molar-refractivity contribution in [1.82, 2.24) is 5.32 Å². The molecule has 0 unspecified atom stereocenters. The van der Waals surface area contributed by atoms with Crippen molar-refractivity contribution >= 4 is 63.2 Å². The molecule has 3 aromatic rings. The number of halogens is 1. The Hall–Kier alpha value is -3.11. The van der Waals surface area contributed by atoms with E-state index < -0.39 is 5.97 Å². The Labute approximate surface area is 202 Å². The highest BCUT2D eigenvalue weighted by Gasteiger charge is 2.23. The van der Waals surface area contributed by atoms with Crippen molar-refractivity contribution in [2.24, 2.45) is 4.99 Å². The van der Waals surface area contributed by atoms with Crippen molar-refractivity contribution in [3.05, 3.63) is 98.0 Å². The van der Waals surface area contributed by atoms with Crippen LogP contribution in [-0.4, -0.2) is 22.2 Å². The molecule has 32 heavy (non-hydrogen) atoms. The number of carboxylic acids is 1. The molecule has 1 aliphatic heterocycles. The monoisotopic (exact) mass is 556 g/mol. The Morgan fingerprint density at radius 1 is 1.09 bits per heavy atom. The average Bonchev–Trinajstić information content (AvgIpc) is 3.12. The number of nitrogens with zero attached hydrogens (tertiary/aromatic N) is 1. The maximum absolute atomic E-state index is 12.3. The number of nitrogens with one attached hydrogen (secondary N) is 1. The van der Waals surface area contributed by atoms with Gasteiger partial charge in [-0.05, 0) is 88.0 Å². The van der Waals surface area contributed by atoms with Gasteiger partial charge in [-0.3, -0.25) is 4.79 Å². The first-order valence-corrected chi connectivity index (χ1v) is 11.5. The van der Waals surface area contributed by atoms with Gasteiger partial charge in [0.2, 0.25) is 0 Å². The van der Waals surface area contributed by atoms with Crippen LogP contribution in [-0.2, 0) is 11.4 Å². The van der Waals surface area contributed by atoms with Gasteiger partial charge in [0, 0.05) is 0 Å². The van der Waals surface area contributed by atoms with Gasteiger partial charge in [-0.1, -0.05) is 36.4 Å². The van der Waals surface area contributed by atoms with Crippen LogP contribution < -0.4 is 10.1 Å². The van der Waals surface area contributed by atoms with Crippen molar-refractivity contribution in [1.29, 1.82) is 0 Å². The van der Waals surface area contributed by atoms with Crippen molar-refractivity contribution in [2.75, 3.05) is 0 Å². The summed E-state index contributed by atoms with van der Waals surface area (Å²) in [5.41, 5.74) is 2.78. The number of aliphatic imine (C=N–C) groups is 1. The van der Waals surface area contributed by atoms with Gasteiger partial charge in [0.25, 0.3) is 5.91 Å². The number of ether oxygens (including phenoxy) is 1. The number of carbonyl (C=O) groups is 2. The minimum Gasteiger partial charge on any atom is -0.488 e. The summed E-state index contributed by atoms with van der Waals surface area (Å²) in [6, 6.07) is 21.7. The molecule has 0 spiro atoms. The molecule has 0 radical (unpaired) electrons. The number of thioether (sulfide) groups is 1. The number of carbonyl (C=O) groups excluding carboxylic acids is 1. The molecule has 6 nitrogen and oxygen atoms in total. The number of para-hydroxylation sites is 1. The van der Waals surface area contributed by atoms with E-state index in [-0.39, 0.29) is 11.5 Å². The molecule has 1 saturated heterocycles. The topological polar surface area (TPSA) is 88.0 Å². The lowest BCUT2D eigenvalue weighted by Gasteiger charge is -2.09. The van der Waals surface area contributed by atoms with Crippen molar-refractivity contribution < 1.29 is 19.4 Å². The summed E-state index contributed by atoms with van der Waals surface area (Å²) in [5, 5.41) is 12.3. The van der Waals surface area contributed by atoms with Crippen LogP contribution in [0, 0.1) is 3.57 Å². The normalized spacial score (nSPS) is 15.7. The molecule has 0 aromatic heterocycles. The van der Waals surface area contributed by atoms with E-state index in [1.807, 2.05) is 54.6 Å². The molecule has 1 amide bonds. The van der Waals surface area contributed by atoms with Gasteiger partial charge in [0.1, 0.15) is 12.4 Å². The summed E-state index contributed by atoms with van der Waals surface area (Å²) in [6.07, 6.45) is 1.82. The van der Waals surface area contributed by atoms with Gasteiger partial charge < -0.3 is 15.2 Å². The maximum Gasteiger partial charge on any atom is 0.335 e. The highest BCUT2D eigenvalue weighted by Crippen LogP contribution is 2.30. The molecule has 0 saturated carbocycles. The fraction of sp³-hybridized carbons (Fsp3) is 0.0417. The fourth-order valence-corrected chi connectivity index (χ4v) is 4.42. The van der Waals surface area contributed by atoms with Crippen LogP contribution in [0.2, 0.25) is 0 Å². The molecule has 3 aromatic carbocycles. The SMILES string of the molecule is O=C1NC(=Nc2ccccc2)S/C1=C\c1ccc(OCc2ccc(C(=O)O)cc2)c(I)c1. The molecule has 8 heteroatoms. The first-order chi connectivity index (χ1) is 15.5. The second-order valence-electron chi connectivity index (χ2n) is 6.80. The standard InChI is InChI=1S/C24H17IN2O4S/c25-19-12-16(8-11-20(19)31-14-15-6-9-17(10-7-15)23(29)30)13-21-22(28)27-24(32-21)26-18-4-2-1-3-5-18/h1-13H,14H2,(H,29,30)(H,26,27,28)/b21-13-. The van der Waals surface area contributed by atoms with E-state index in [4.69, 9.17) is 9.84 Å². The largest absolute Gasteiger partial charge is 0.488 e. The van der Waals surface area contributed by atoms with E-state index in [9.17, 15) is 9.59 Å². The number of hydrogen-bond acceptors (Lipinski definition) is 5. The zero-order chi connectivity index (χ0) is 22.5. The van der Waals surface area contributed by atoms with Gasteiger partial charge in [-0.15, -0.1) is 0 Å². The highest BCUT2D eigenvalue weighted by atomic mass is 127. The third-order valence-corrected chi connectivity index (χ3v) is 6.24. The highest BCUT2D eigenvalue weighted by molar-refractivity contribution is 14.1. The smallest absolute Gasteiger partial charge is 0.335 e. The third kappa shape index (κ3) is 5.57. The quantitative estimate of drug-likeness (QED) is 0.311. The van der Waals surface area contributed by atoms with Crippen LogP contribution in [0.4, 0.5) is 5.69 Å². The second-order valence-corrected chi connectivity index (χ2v) is 8.99. The lowest BCUT2D eigenvalue weighted by Crippen LogP contribution is -2.19. The van der Waals surface area contributed by atoms with E-state index in [0.717, 1.165) is 20.4 Å². The van der Waals surface area contributed by atoms with Crippen LogP contribution in [0.15, 0.2) is 82.7 Å². The van der Waals surface area contributed by atoms with Gasteiger partial charge in [0.15, 0.2) is 5.17 Å². The first kappa shape index (κ1) is 22.1. The summed E-state index contributed by atoms with van der Waals surface area (Å²) < 4.78 is 6.78. The molecule has 1 aliphatic rings. The van der Waals surface area contributed by atoms with Crippen molar-refractivity contribution in [3.63, 3.8) is 0 Å². The van der Waals surface area contributed by atoms with E-state index in [2.05, 4.69) is 32.9 Å². The molecule has 0 aliphatic carbocycles. The number of amides is 1. The average molecular weight is 556 g/mol. The molecular weight excluding hydrogens is 539 g/mol. The molecule has 0 bridgehead atoms. The minimum atomic E-state index is -0.954. The van der Waals surface area contributed by atoms with Gasteiger partial charge >= 0.3 is 5.97 Å². The molecule has 160 valence electrons. The number of amidine groups is 1. The number of aromatic carboxylic acids is 1. The number of hydrogen-bond donors (Lipinski definition) is 2. The molecule has 4 rings (SSSR count). The molecule has 0 atom stereocenters. The fourth-order valence-electron chi connectivity index (χ4n) is 2.88. The number of benzene rings is 3. The second kappa shape index (κ2) is 10.0. The summed E-state index contributed by atoms with van der Waals surface area (Å²) in [4.78, 5) is 28.3. The Bertz CT molecular complexity index is 1220. The lowest BCUT2D eigenvalue weighted by atomic mass is 10.1. The summed E-state index contributed by atoms with van der Waals surface area (Å²) in [6.45, 7) is 0.327. The summed E-state index contributed by atoms with van der Waals surface area (Å²) in [7, 11) is 0. The van der Waals surface area contributed by atoms with Crippen LogP contribution in [0.1, 0.15) is 21.5 Å². The Morgan fingerprint density at radius 3 is 2.53 bits per heavy atom. The zero-order valence-electron chi connectivity index (χ0n) is 16.6. The number of rotatable bonds is 6. The van der Waals surface area contributed by atoms with Crippen molar-refractivity contribution in [3.8, 4) is 5.75 Å².